The van der Waals surface area contributed by atoms with E-state index in [4.69, 9.17) is 4.74 Å². The van der Waals surface area contributed by atoms with Crippen molar-refractivity contribution in [2.24, 2.45) is 10.9 Å². The first-order valence-electron chi connectivity index (χ1n) is 5.32. The lowest BCUT2D eigenvalue weighted by molar-refractivity contribution is 0.200. The second-order valence-electron chi connectivity index (χ2n) is 3.90. The van der Waals surface area contributed by atoms with Gasteiger partial charge in [-0.25, -0.2) is 0 Å². The molecule has 0 aromatic heterocycles. The van der Waals surface area contributed by atoms with Crippen molar-refractivity contribution in [3.05, 3.63) is 0 Å². The second kappa shape index (κ2) is 4.09. The summed E-state index contributed by atoms with van der Waals surface area (Å²) in [5.74, 6) is 1.57. The van der Waals surface area contributed by atoms with Crippen molar-refractivity contribution in [2.75, 3.05) is 19.6 Å². The van der Waals surface area contributed by atoms with Crippen molar-refractivity contribution in [3.8, 4) is 0 Å². The molecule has 0 saturated carbocycles. The minimum atomic E-state index is 0.376. The number of nitrogens with one attached hydrogen (secondary N) is 1. The van der Waals surface area contributed by atoms with Crippen LogP contribution in [0.1, 0.15) is 26.2 Å². The van der Waals surface area contributed by atoms with E-state index < -0.39 is 0 Å². The molecule has 2 aliphatic heterocycles. The van der Waals surface area contributed by atoms with E-state index in [0.29, 0.717) is 12.0 Å². The first kappa shape index (κ1) is 9.00. The van der Waals surface area contributed by atoms with Crippen LogP contribution in [0.25, 0.3) is 0 Å². The standard InChI is InChI=1S/C10H18N2O/c1-2-3-9-7-12-10(13-9)8-4-5-11-6-8/h8-9,11H,2-7H2,1H3. The third-order valence-electron chi connectivity index (χ3n) is 2.76. The summed E-state index contributed by atoms with van der Waals surface area (Å²) in [6.07, 6.45) is 3.90. The van der Waals surface area contributed by atoms with Crippen molar-refractivity contribution in [1.29, 1.82) is 0 Å². The molecule has 2 rings (SSSR count). The van der Waals surface area contributed by atoms with Crippen molar-refractivity contribution in [1.82, 2.24) is 5.32 Å². The van der Waals surface area contributed by atoms with E-state index in [1.807, 2.05) is 0 Å². The van der Waals surface area contributed by atoms with Gasteiger partial charge in [-0.05, 0) is 19.4 Å². The Bertz CT molecular complexity index is 197. The monoisotopic (exact) mass is 182 g/mol. The predicted octanol–water partition coefficient (Wildman–Crippen LogP) is 1.19. The van der Waals surface area contributed by atoms with Crippen LogP contribution in [0.4, 0.5) is 0 Å². The molecule has 3 nitrogen and oxygen atoms in total. The zero-order valence-electron chi connectivity index (χ0n) is 8.25. The molecule has 2 atom stereocenters. The Hall–Kier alpha value is -0.570. The minimum absolute atomic E-state index is 0.376. The predicted molar refractivity (Wildman–Crippen MR) is 53.1 cm³/mol. The first-order valence-corrected chi connectivity index (χ1v) is 5.32. The van der Waals surface area contributed by atoms with E-state index in [-0.39, 0.29) is 0 Å². The van der Waals surface area contributed by atoms with Crippen LogP contribution in [0.5, 0.6) is 0 Å². The van der Waals surface area contributed by atoms with E-state index in [1.165, 1.54) is 12.8 Å². The summed E-state index contributed by atoms with van der Waals surface area (Å²) in [7, 11) is 0. The Labute approximate surface area is 79.6 Å². The quantitative estimate of drug-likeness (QED) is 0.711. The lowest BCUT2D eigenvalue weighted by Gasteiger charge is -2.12. The van der Waals surface area contributed by atoms with Gasteiger partial charge in [-0.15, -0.1) is 0 Å². The second-order valence-corrected chi connectivity index (χ2v) is 3.90. The maximum atomic E-state index is 5.80. The summed E-state index contributed by atoms with van der Waals surface area (Å²) in [6, 6.07) is 0. The Morgan fingerprint density at radius 1 is 1.62 bits per heavy atom. The maximum absolute atomic E-state index is 5.80. The average Bonchev–Trinajstić information content (AvgIpc) is 2.70. The van der Waals surface area contributed by atoms with Gasteiger partial charge in [-0.2, -0.15) is 0 Å². The molecule has 2 heterocycles. The van der Waals surface area contributed by atoms with Crippen molar-refractivity contribution in [2.45, 2.75) is 32.3 Å². The molecule has 0 spiro atoms. The maximum Gasteiger partial charge on any atom is 0.188 e. The van der Waals surface area contributed by atoms with Gasteiger partial charge in [0.05, 0.1) is 6.54 Å². The fourth-order valence-electron chi connectivity index (χ4n) is 2.00. The number of ether oxygens (including phenoxy) is 1. The van der Waals surface area contributed by atoms with Crippen LogP contribution in [0.15, 0.2) is 4.99 Å². The van der Waals surface area contributed by atoms with Crippen LogP contribution in [0.2, 0.25) is 0 Å². The average molecular weight is 182 g/mol. The molecule has 0 radical (unpaired) electrons. The van der Waals surface area contributed by atoms with E-state index in [2.05, 4.69) is 17.2 Å². The van der Waals surface area contributed by atoms with Crippen LogP contribution in [0, 0.1) is 5.92 Å². The molecule has 3 heteroatoms. The Balaban J connectivity index is 1.82. The third kappa shape index (κ3) is 2.02. The van der Waals surface area contributed by atoms with Crippen LogP contribution in [-0.2, 0) is 4.74 Å². The number of rotatable bonds is 3. The first-order chi connectivity index (χ1) is 6.40. The van der Waals surface area contributed by atoms with E-state index in [9.17, 15) is 0 Å². The number of nitrogens with zero attached hydrogens (tertiary/aromatic N) is 1. The van der Waals surface area contributed by atoms with Crippen molar-refractivity contribution < 1.29 is 4.74 Å². The number of hydrogen-bond acceptors (Lipinski definition) is 3. The van der Waals surface area contributed by atoms with Gasteiger partial charge in [-0.3, -0.25) is 4.99 Å². The molecule has 0 aromatic carbocycles. The summed E-state index contributed by atoms with van der Waals surface area (Å²) in [4.78, 5) is 4.47. The van der Waals surface area contributed by atoms with Crippen molar-refractivity contribution in [3.63, 3.8) is 0 Å². The summed E-state index contributed by atoms with van der Waals surface area (Å²) < 4.78 is 5.80. The smallest absolute Gasteiger partial charge is 0.188 e. The summed E-state index contributed by atoms with van der Waals surface area (Å²) in [5, 5.41) is 3.34. The third-order valence-corrected chi connectivity index (χ3v) is 2.76. The largest absolute Gasteiger partial charge is 0.475 e. The molecule has 74 valence electrons. The van der Waals surface area contributed by atoms with Crippen molar-refractivity contribution >= 4 is 5.90 Å². The molecule has 13 heavy (non-hydrogen) atoms. The lowest BCUT2D eigenvalue weighted by atomic mass is 10.1. The highest BCUT2D eigenvalue weighted by atomic mass is 16.5. The van der Waals surface area contributed by atoms with E-state index in [0.717, 1.165) is 32.0 Å². The minimum Gasteiger partial charge on any atom is -0.475 e. The van der Waals surface area contributed by atoms with Gasteiger partial charge in [0.2, 0.25) is 0 Å². The number of hydrogen-bond donors (Lipinski definition) is 1. The van der Waals surface area contributed by atoms with Crippen LogP contribution in [-0.4, -0.2) is 31.6 Å². The van der Waals surface area contributed by atoms with E-state index >= 15 is 0 Å². The fraction of sp³-hybridized carbons (Fsp3) is 0.900. The topological polar surface area (TPSA) is 33.6 Å². The van der Waals surface area contributed by atoms with Gasteiger partial charge in [0.1, 0.15) is 6.10 Å². The summed E-state index contributed by atoms with van der Waals surface area (Å²) in [5.41, 5.74) is 0. The Kier molecular flexibility index (Phi) is 2.83. The molecule has 1 fully saturated rings. The normalized spacial score (nSPS) is 33.2. The SMILES string of the molecule is CCCC1CN=C(C2CCNC2)O1. The fourth-order valence-corrected chi connectivity index (χ4v) is 2.00. The van der Waals surface area contributed by atoms with Crippen LogP contribution in [0.3, 0.4) is 0 Å². The van der Waals surface area contributed by atoms with Gasteiger partial charge in [-0.1, -0.05) is 13.3 Å². The van der Waals surface area contributed by atoms with Gasteiger partial charge in [0.25, 0.3) is 0 Å². The zero-order valence-corrected chi connectivity index (χ0v) is 8.25. The van der Waals surface area contributed by atoms with E-state index in [1.54, 1.807) is 0 Å². The highest BCUT2D eigenvalue weighted by Gasteiger charge is 2.27. The Morgan fingerprint density at radius 3 is 3.23 bits per heavy atom. The molecule has 0 aliphatic carbocycles. The molecule has 0 aromatic rings. The molecule has 0 amide bonds. The van der Waals surface area contributed by atoms with Gasteiger partial charge >= 0.3 is 0 Å². The zero-order chi connectivity index (χ0) is 9.10. The Morgan fingerprint density at radius 2 is 2.54 bits per heavy atom. The lowest BCUT2D eigenvalue weighted by Crippen LogP contribution is -2.21. The molecule has 2 unspecified atom stereocenters. The number of aliphatic imine (C=N–C) groups is 1. The van der Waals surface area contributed by atoms with Crippen LogP contribution < -0.4 is 5.32 Å². The highest BCUT2D eigenvalue weighted by molar-refractivity contribution is 5.80. The van der Waals surface area contributed by atoms with Gasteiger partial charge in [0, 0.05) is 12.5 Å². The summed E-state index contributed by atoms with van der Waals surface area (Å²) in [6.45, 7) is 5.25. The summed E-state index contributed by atoms with van der Waals surface area (Å²) >= 11 is 0. The highest BCUT2D eigenvalue weighted by Crippen LogP contribution is 2.19. The molecular weight excluding hydrogens is 164 g/mol. The van der Waals surface area contributed by atoms with Gasteiger partial charge in [0.15, 0.2) is 5.90 Å². The molecule has 1 saturated heterocycles. The molecule has 0 bridgehead atoms. The molecule has 1 N–H and O–H groups in total. The molecular formula is C10H18N2O. The van der Waals surface area contributed by atoms with Gasteiger partial charge < -0.3 is 10.1 Å². The van der Waals surface area contributed by atoms with Crippen LogP contribution >= 0.6 is 0 Å². The molecule has 2 aliphatic rings.